The lowest BCUT2D eigenvalue weighted by atomic mass is 10.2. The van der Waals surface area contributed by atoms with E-state index in [0.717, 1.165) is 23.1 Å². The number of hydrogen-bond acceptors (Lipinski definition) is 4. The van der Waals surface area contributed by atoms with E-state index in [0.29, 0.717) is 26.1 Å². The molecular formula is C15H20ClN3O2. The molecule has 1 aromatic carbocycles. The van der Waals surface area contributed by atoms with Gasteiger partial charge in [-0.1, -0.05) is 18.2 Å². The van der Waals surface area contributed by atoms with Crippen LogP contribution < -0.4 is 15.8 Å². The topological polar surface area (TPSA) is 77.2 Å². The van der Waals surface area contributed by atoms with Gasteiger partial charge in [0.25, 0.3) is 0 Å². The molecule has 2 aromatic rings. The van der Waals surface area contributed by atoms with Crippen LogP contribution in [0.5, 0.6) is 5.75 Å². The number of nitrogens with zero attached hydrogens (tertiary/aromatic N) is 1. The minimum absolute atomic E-state index is 0. The van der Waals surface area contributed by atoms with E-state index in [-0.39, 0.29) is 18.3 Å². The van der Waals surface area contributed by atoms with Crippen LogP contribution in [0, 0.1) is 0 Å². The average Bonchev–Trinajstić information content (AvgIpc) is 2.47. The monoisotopic (exact) mass is 309 g/mol. The highest BCUT2D eigenvalue weighted by Crippen LogP contribution is 2.22. The summed E-state index contributed by atoms with van der Waals surface area (Å²) >= 11 is 0. The molecule has 0 fully saturated rings. The summed E-state index contributed by atoms with van der Waals surface area (Å²) in [6.07, 6.45) is 2.87. The molecule has 21 heavy (non-hydrogen) atoms. The molecule has 0 atom stereocenters. The number of carbonyl (C=O) groups excluding carboxylic acids is 1. The maximum absolute atomic E-state index is 11.2. The number of carbonyl (C=O) groups is 1. The van der Waals surface area contributed by atoms with Gasteiger partial charge in [-0.2, -0.15) is 0 Å². The molecule has 0 saturated heterocycles. The van der Waals surface area contributed by atoms with Gasteiger partial charge in [0, 0.05) is 31.1 Å². The zero-order valence-electron chi connectivity index (χ0n) is 11.7. The molecule has 1 heterocycles. The highest BCUT2D eigenvalue weighted by atomic mass is 35.5. The van der Waals surface area contributed by atoms with Crippen molar-refractivity contribution in [3.63, 3.8) is 0 Å². The summed E-state index contributed by atoms with van der Waals surface area (Å²) in [4.78, 5) is 15.5. The molecule has 1 amide bonds. The lowest BCUT2D eigenvalue weighted by molar-refractivity contribution is -0.120. The van der Waals surface area contributed by atoms with Gasteiger partial charge in [-0.25, -0.2) is 0 Å². The maximum Gasteiger partial charge on any atom is 0.221 e. The largest absolute Gasteiger partial charge is 0.491 e. The molecular weight excluding hydrogens is 290 g/mol. The van der Waals surface area contributed by atoms with Gasteiger partial charge >= 0.3 is 0 Å². The van der Waals surface area contributed by atoms with Crippen molar-refractivity contribution in [3.8, 4) is 5.75 Å². The van der Waals surface area contributed by atoms with Crippen LogP contribution in [0.4, 0.5) is 0 Å². The Morgan fingerprint density at radius 2 is 2.10 bits per heavy atom. The van der Waals surface area contributed by atoms with Crippen molar-refractivity contribution in [1.82, 2.24) is 10.3 Å². The Bertz CT molecular complexity index is 572. The fourth-order valence-electron chi connectivity index (χ4n) is 1.89. The quantitative estimate of drug-likeness (QED) is 0.766. The van der Waals surface area contributed by atoms with E-state index in [9.17, 15) is 4.79 Å². The number of aromatic nitrogens is 1. The van der Waals surface area contributed by atoms with E-state index in [1.165, 1.54) is 0 Å². The predicted octanol–water partition coefficient (Wildman–Crippen LogP) is 1.89. The molecule has 2 rings (SSSR count). The van der Waals surface area contributed by atoms with E-state index in [4.69, 9.17) is 10.5 Å². The first kappa shape index (κ1) is 17.2. The number of ether oxygens (including phenoxy) is 1. The SMILES string of the molecule is Cl.NCCC(=O)NCCCOc1cccc2cccnc12. The number of pyridine rings is 1. The van der Waals surface area contributed by atoms with Crippen molar-refractivity contribution < 1.29 is 9.53 Å². The summed E-state index contributed by atoms with van der Waals surface area (Å²) in [5.74, 6) is 0.760. The van der Waals surface area contributed by atoms with Gasteiger partial charge in [-0.05, 0) is 18.6 Å². The number of benzene rings is 1. The lowest BCUT2D eigenvalue weighted by Crippen LogP contribution is -2.27. The first-order valence-electron chi connectivity index (χ1n) is 6.74. The number of para-hydroxylation sites is 1. The van der Waals surface area contributed by atoms with Crippen LogP contribution >= 0.6 is 12.4 Å². The molecule has 0 aliphatic heterocycles. The Labute approximate surface area is 130 Å². The van der Waals surface area contributed by atoms with Crippen molar-refractivity contribution in [2.75, 3.05) is 19.7 Å². The number of fused-ring (bicyclic) bond motifs is 1. The molecule has 6 heteroatoms. The summed E-state index contributed by atoms with van der Waals surface area (Å²) in [6, 6.07) is 9.76. The Morgan fingerprint density at radius 3 is 2.90 bits per heavy atom. The molecule has 1 aromatic heterocycles. The molecule has 0 bridgehead atoms. The molecule has 0 aliphatic carbocycles. The highest BCUT2D eigenvalue weighted by Gasteiger charge is 2.02. The minimum atomic E-state index is -0.0145. The second-order valence-electron chi connectivity index (χ2n) is 4.42. The van der Waals surface area contributed by atoms with Gasteiger partial charge < -0.3 is 15.8 Å². The third-order valence-corrected chi connectivity index (χ3v) is 2.87. The fraction of sp³-hybridized carbons (Fsp3) is 0.333. The Balaban J connectivity index is 0.00000220. The number of hydrogen-bond donors (Lipinski definition) is 2. The normalized spacial score (nSPS) is 9.95. The molecule has 0 aliphatic rings. The molecule has 3 N–H and O–H groups in total. The second-order valence-corrected chi connectivity index (χ2v) is 4.42. The van der Waals surface area contributed by atoms with E-state index < -0.39 is 0 Å². The summed E-state index contributed by atoms with van der Waals surface area (Å²) in [5, 5.41) is 3.85. The third-order valence-electron chi connectivity index (χ3n) is 2.87. The molecule has 0 saturated carbocycles. The van der Waals surface area contributed by atoms with Gasteiger partial charge in [0.15, 0.2) is 0 Å². The van der Waals surface area contributed by atoms with Crippen molar-refractivity contribution in [2.45, 2.75) is 12.8 Å². The first-order chi connectivity index (χ1) is 9.81. The van der Waals surface area contributed by atoms with Crippen molar-refractivity contribution >= 4 is 29.2 Å². The lowest BCUT2D eigenvalue weighted by Gasteiger charge is -2.09. The molecule has 0 spiro atoms. The smallest absolute Gasteiger partial charge is 0.221 e. The van der Waals surface area contributed by atoms with E-state index in [2.05, 4.69) is 10.3 Å². The second kappa shape index (κ2) is 9.15. The number of nitrogens with one attached hydrogen (secondary N) is 1. The number of halogens is 1. The number of amides is 1. The summed E-state index contributed by atoms with van der Waals surface area (Å²) in [6.45, 7) is 1.51. The average molecular weight is 310 g/mol. The Hall–Kier alpha value is -1.85. The Morgan fingerprint density at radius 1 is 1.29 bits per heavy atom. The molecule has 5 nitrogen and oxygen atoms in total. The van der Waals surface area contributed by atoms with Crippen LogP contribution in [-0.4, -0.2) is 30.6 Å². The summed E-state index contributed by atoms with van der Waals surface area (Å²) < 4.78 is 5.72. The fourth-order valence-corrected chi connectivity index (χ4v) is 1.89. The number of rotatable bonds is 7. The molecule has 114 valence electrons. The van der Waals surface area contributed by atoms with Gasteiger partial charge in [-0.15, -0.1) is 12.4 Å². The van der Waals surface area contributed by atoms with Crippen LogP contribution in [0.25, 0.3) is 10.9 Å². The van der Waals surface area contributed by atoms with E-state index >= 15 is 0 Å². The zero-order chi connectivity index (χ0) is 14.2. The zero-order valence-corrected chi connectivity index (χ0v) is 12.6. The Kier molecular flexibility index (Phi) is 7.50. The molecule has 0 unspecified atom stereocenters. The minimum Gasteiger partial charge on any atom is -0.491 e. The van der Waals surface area contributed by atoms with Crippen molar-refractivity contribution in [2.24, 2.45) is 5.73 Å². The number of nitrogens with two attached hydrogens (primary N) is 1. The van der Waals surface area contributed by atoms with Gasteiger partial charge in [-0.3, -0.25) is 9.78 Å². The summed E-state index contributed by atoms with van der Waals surface area (Å²) in [7, 11) is 0. The summed E-state index contributed by atoms with van der Waals surface area (Å²) in [5.41, 5.74) is 6.16. The van der Waals surface area contributed by atoms with Crippen LogP contribution in [0.15, 0.2) is 36.5 Å². The van der Waals surface area contributed by atoms with Crippen molar-refractivity contribution in [3.05, 3.63) is 36.5 Å². The first-order valence-corrected chi connectivity index (χ1v) is 6.74. The highest BCUT2D eigenvalue weighted by molar-refractivity contribution is 5.85. The van der Waals surface area contributed by atoms with Crippen LogP contribution in [0.1, 0.15) is 12.8 Å². The third kappa shape index (κ3) is 5.21. The van der Waals surface area contributed by atoms with Crippen LogP contribution in [0.2, 0.25) is 0 Å². The van der Waals surface area contributed by atoms with E-state index in [1.54, 1.807) is 6.20 Å². The standard InChI is InChI=1S/C15H19N3O2.ClH/c16-8-7-14(19)17-10-3-11-20-13-6-1-4-12-5-2-9-18-15(12)13;/h1-2,4-6,9H,3,7-8,10-11,16H2,(H,17,19);1H. The van der Waals surface area contributed by atoms with Crippen LogP contribution in [0.3, 0.4) is 0 Å². The van der Waals surface area contributed by atoms with E-state index in [1.807, 2.05) is 30.3 Å². The maximum atomic E-state index is 11.2. The predicted molar refractivity (Wildman–Crippen MR) is 85.8 cm³/mol. The van der Waals surface area contributed by atoms with Gasteiger partial charge in [0.2, 0.25) is 5.91 Å². The van der Waals surface area contributed by atoms with Crippen LogP contribution in [-0.2, 0) is 4.79 Å². The van der Waals surface area contributed by atoms with Gasteiger partial charge in [0.1, 0.15) is 11.3 Å². The molecule has 0 radical (unpaired) electrons. The van der Waals surface area contributed by atoms with Gasteiger partial charge in [0.05, 0.1) is 6.61 Å². The van der Waals surface area contributed by atoms with Crippen molar-refractivity contribution in [1.29, 1.82) is 0 Å².